The Labute approximate surface area is 161 Å². The van der Waals surface area contributed by atoms with Gasteiger partial charge in [-0.1, -0.05) is 0 Å². The summed E-state index contributed by atoms with van der Waals surface area (Å²) in [4.78, 5) is 28.3. The predicted molar refractivity (Wildman–Crippen MR) is 104 cm³/mol. The molecule has 27 heavy (non-hydrogen) atoms. The number of rotatable bonds is 5. The Morgan fingerprint density at radius 1 is 1.26 bits per heavy atom. The molecule has 1 aromatic carbocycles. The number of carbonyl (C=O) groups excluding carboxylic acids is 2. The van der Waals surface area contributed by atoms with Crippen molar-refractivity contribution in [2.24, 2.45) is 5.41 Å². The molecule has 0 bridgehead atoms. The second-order valence-electron chi connectivity index (χ2n) is 7.97. The average molecular weight is 368 g/mol. The second kappa shape index (κ2) is 8.53. The molecule has 1 aromatic rings. The fourth-order valence-corrected chi connectivity index (χ4v) is 4.38. The van der Waals surface area contributed by atoms with E-state index in [0.29, 0.717) is 18.4 Å². The third-order valence-corrected chi connectivity index (χ3v) is 5.78. The Morgan fingerprint density at radius 2 is 2.04 bits per heavy atom. The first-order valence-corrected chi connectivity index (χ1v) is 9.76. The monoisotopic (exact) mass is 368 g/mol. The lowest BCUT2D eigenvalue weighted by atomic mass is 9.73. The predicted octanol–water partition coefficient (Wildman–Crippen LogP) is 2.61. The summed E-state index contributed by atoms with van der Waals surface area (Å²) in [6.45, 7) is 3.89. The molecule has 1 N–H and O–H groups in total. The van der Waals surface area contributed by atoms with E-state index in [9.17, 15) is 9.59 Å². The molecule has 6 heteroatoms. The van der Waals surface area contributed by atoms with Gasteiger partial charge in [0.15, 0.2) is 0 Å². The summed E-state index contributed by atoms with van der Waals surface area (Å²) in [5, 5.41) is 11.7. The smallest absolute Gasteiger partial charge is 0.224 e. The Hall–Kier alpha value is -2.39. The van der Waals surface area contributed by atoms with Gasteiger partial charge in [0, 0.05) is 44.1 Å². The van der Waals surface area contributed by atoms with Crippen LogP contribution in [0.5, 0.6) is 0 Å². The number of nitrogens with zero attached hydrogens (tertiary/aromatic N) is 3. The zero-order valence-electron chi connectivity index (χ0n) is 16.0. The highest BCUT2D eigenvalue weighted by Crippen LogP contribution is 2.38. The van der Waals surface area contributed by atoms with Gasteiger partial charge in [0.25, 0.3) is 0 Å². The molecule has 0 saturated carbocycles. The number of anilines is 1. The first-order valence-electron chi connectivity index (χ1n) is 9.76. The Balaban J connectivity index is 1.42. The van der Waals surface area contributed by atoms with Gasteiger partial charge >= 0.3 is 0 Å². The highest BCUT2D eigenvalue weighted by Gasteiger charge is 2.40. The van der Waals surface area contributed by atoms with Crippen LogP contribution in [0.2, 0.25) is 0 Å². The molecule has 0 aromatic heterocycles. The summed E-state index contributed by atoms with van der Waals surface area (Å²) in [6, 6.07) is 8.99. The van der Waals surface area contributed by atoms with Crippen LogP contribution in [0.15, 0.2) is 24.3 Å². The molecule has 2 saturated heterocycles. The van der Waals surface area contributed by atoms with E-state index in [-0.39, 0.29) is 17.2 Å². The molecule has 2 amide bonds. The SMILES string of the molecule is CN1CC2(CCCN(CCCC(=O)Nc3ccc(C#N)cc3)C2)CCC1=O. The third kappa shape index (κ3) is 5.08. The number of piperidine rings is 2. The summed E-state index contributed by atoms with van der Waals surface area (Å²) < 4.78 is 0. The minimum absolute atomic E-state index is 0.00873. The van der Waals surface area contributed by atoms with Crippen LogP contribution >= 0.6 is 0 Å². The van der Waals surface area contributed by atoms with Crippen molar-refractivity contribution in [3.8, 4) is 6.07 Å². The van der Waals surface area contributed by atoms with Crippen molar-refractivity contribution >= 4 is 17.5 Å². The number of likely N-dealkylation sites (tertiary alicyclic amines) is 2. The average Bonchev–Trinajstić information content (AvgIpc) is 2.66. The summed E-state index contributed by atoms with van der Waals surface area (Å²) in [5.74, 6) is 0.270. The lowest BCUT2D eigenvalue weighted by molar-refractivity contribution is -0.137. The van der Waals surface area contributed by atoms with E-state index in [0.717, 1.165) is 44.7 Å². The highest BCUT2D eigenvalue weighted by molar-refractivity contribution is 5.90. The molecule has 2 heterocycles. The zero-order valence-corrected chi connectivity index (χ0v) is 16.0. The molecule has 3 rings (SSSR count). The van der Waals surface area contributed by atoms with Crippen molar-refractivity contribution in [1.82, 2.24) is 9.80 Å². The number of nitrogens with one attached hydrogen (secondary N) is 1. The molecule has 1 spiro atoms. The van der Waals surface area contributed by atoms with Gasteiger partial charge in [-0.25, -0.2) is 0 Å². The molecular formula is C21H28N4O2. The second-order valence-corrected chi connectivity index (χ2v) is 7.97. The van der Waals surface area contributed by atoms with Gasteiger partial charge in [-0.15, -0.1) is 0 Å². The maximum atomic E-state index is 12.1. The van der Waals surface area contributed by atoms with Crippen LogP contribution in [0, 0.1) is 16.7 Å². The van der Waals surface area contributed by atoms with E-state index in [4.69, 9.17) is 5.26 Å². The van der Waals surface area contributed by atoms with Gasteiger partial charge in [-0.2, -0.15) is 5.26 Å². The van der Waals surface area contributed by atoms with Gasteiger partial charge in [0.1, 0.15) is 0 Å². The summed E-state index contributed by atoms with van der Waals surface area (Å²) in [5.41, 5.74) is 1.55. The number of benzene rings is 1. The van der Waals surface area contributed by atoms with E-state index in [1.165, 1.54) is 12.8 Å². The normalized spacial score (nSPS) is 23.3. The Morgan fingerprint density at radius 3 is 2.74 bits per heavy atom. The van der Waals surface area contributed by atoms with Crippen LogP contribution in [-0.4, -0.2) is 54.8 Å². The topological polar surface area (TPSA) is 76.4 Å². The molecule has 2 aliphatic heterocycles. The standard InChI is InChI=1S/C21H28N4O2/c1-24-15-21(11-9-20(24)27)10-3-13-25(16-21)12-2-4-19(26)23-18-7-5-17(14-22)6-8-18/h5-8H,2-4,9-13,15-16H2,1H3,(H,23,26). The quantitative estimate of drug-likeness (QED) is 0.867. The number of nitriles is 1. The van der Waals surface area contributed by atoms with Crippen LogP contribution in [0.4, 0.5) is 5.69 Å². The fraction of sp³-hybridized carbons (Fsp3) is 0.571. The van der Waals surface area contributed by atoms with Gasteiger partial charge in [-0.05, 0) is 63.0 Å². The molecule has 2 fully saturated rings. The molecule has 1 atom stereocenters. The first kappa shape index (κ1) is 19.4. The Kier molecular flexibility index (Phi) is 6.12. The van der Waals surface area contributed by atoms with E-state index >= 15 is 0 Å². The van der Waals surface area contributed by atoms with E-state index in [2.05, 4.69) is 16.3 Å². The van der Waals surface area contributed by atoms with Crippen molar-refractivity contribution in [2.45, 2.75) is 38.5 Å². The van der Waals surface area contributed by atoms with Crippen LogP contribution in [0.3, 0.4) is 0 Å². The molecule has 2 aliphatic rings. The molecule has 6 nitrogen and oxygen atoms in total. The van der Waals surface area contributed by atoms with Gasteiger partial charge in [0.05, 0.1) is 11.6 Å². The number of hydrogen-bond acceptors (Lipinski definition) is 4. The van der Waals surface area contributed by atoms with Crippen molar-refractivity contribution in [3.63, 3.8) is 0 Å². The van der Waals surface area contributed by atoms with E-state index < -0.39 is 0 Å². The van der Waals surface area contributed by atoms with Crippen LogP contribution < -0.4 is 5.32 Å². The van der Waals surface area contributed by atoms with Gasteiger partial charge in [0.2, 0.25) is 11.8 Å². The highest BCUT2D eigenvalue weighted by atomic mass is 16.2. The van der Waals surface area contributed by atoms with Crippen molar-refractivity contribution in [2.75, 3.05) is 38.5 Å². The maximum absolute atomic E-state index is 12.1. The maximum Gasteiger partial charge on any atom is 0.224 e. The zero-order chi connectivity index (χ0) is 19.3. The fourth-order valence-electron chi connectivity index (χ4n) is 4.38. The third-order valence-electron chi connectivity index (χ3n) is 5.78. The van der Waals surface area contributed by atoms with E-state index in [1.54, 1.807) is 24.3 Å². The summed E-state index contributed by atoms with van der Waals surface area (Å²) >= 11 is 0. The number of hydrogen-bond donors (Lipinski definition) is 1. The molecular weight excluding hydrogens is 340 g/mol. The van der Waals surface area contributed by atoms with Crippen LogP contribution in [0.1, 0.15) is 44.1 Å². The minimum atomic E-state index is 0.00873. The lowest BCUT2D eigenvalue weighted by Gasteiger charge is -2.47. The Bertz CT molecular complexity index is 725. The van der Waals surface area contributed by atoms with Crippen molar-refractivity contribution < 1.29 is 9.59 Å². The van der Waals surface area contributed by atoms with Crippen LogP contribution in [-0.2, 0) is 9.59 Å². The minimum Gasteiger partial charge on any atom is -0.345 e. The molecule has 0 aliphatic carbocycles. The lowest BCUT2D eigenvalue weighted by Crippen LogP contribution is -2.53. The van der Waals surface area contributed by atoms with E-state index in [1.807, 2.05) is 11.9 Å². The first-order chi connectivity index (χ1) is 13.0. The van der Waals surface area contributed by atoms with Crippen LogP contribution in [0.25, 0.3) is 0 Å². The number of carbonyl (C=O) groups is 2. The van der Waals surface area contributed by atoms with Gasteiger partial charge < -0.3 is 15.1 Å². The molecule has 144 valence electrons. The largest absolute Gasteiger partial charge is 0.345 e. The molecule has 1 unspecified atom stereocenters. The van der Waals surface area contributed by atoms with Crippen molar-refractivity contribution in [1.29, 1.82) is 5.26 Å². The van der Waals surface area contributed by atoms with Crippen molar-refractivity contribution in [3.05, 3.63) is 29.8 Å². The summed E-state index contributed by atoms with van der Waals surface area (Å²) in [7, 11) is 1.91. The van der Waals surface area contributed by atoms with Gasteiger partial charge in [-0.3, -0.25) is 9.59 Å². The summed E-state index contributed by atoms with van der Waals surface area (Å²) in [6.07, 6.45) is 5.33. The number of amides is 2. The molecule has 0 radical (unpaired) electrons.